The van der Waals surface area contributed by atoms with Crippen LogP contribution in [-0.4, -0.2) is 36.5 Å². The van der Waals surface area contributed by atoms with Gasteiger partial charge in [-0.1, -0.05) is 27.7 Å². The van der Waals surface area contributed by atoms with Crippen molar-refractivity contribution in [3.05, 3.63) is 0 Å². The van der Waals surface area contributed by atoms with Crippen LogP contribution in [0.3, 0.4) is 0 Å². The van der Waals surface area contributed by atoms with Gasteiger partial charge in [-0.15, -0.1) is 0 Å². The summed E-state index contributed by atoms with van der Waals surface area (Å²) in [6, 6.07) is 0.463. The molecule has 0 spiro atoms. The fraction of sp³-hybridized carbons (Fsp3) is 1.00. The van der Waals surface area contributed by atoms with Crippen LogP contribution in [0.4, 0.5) is 0 Å². The summed E-state index contributed by atoms with van der Waals surface area (Å²) in [6.07, 6.45) is 3.26. The minimum atomic E-state index is -0.406. The Kier molecular flexibility index (Phi) is 10.6. The van der Waals surface area contributed by atoms with E-state index in [-0.39, 0.29) is 6.10 Å². The van der Waals surface area contributed by atoms with Crippen molar-refractivity contribution >= 4 is 0 Å². The Morgan fingerprint density at radius 3 is 2.11 bits per heavy atom. The van der Waals surface area contributed by atoms with E-state index in [1.807, 2.05) is 0 Å². The van der Waals surface area contributed by atoms with Crippen molar-refractivity contribution < 1.29 is 9.84 Å². The number of aliphatic hydroxyl groups is 1. The normalized spacial score (nSPS) is 16.9. The molecule has 0 aromatic carbocycles. The van der Waals surface area contributed by atoms with Crippen LogP contribution in [0.2, 0.25) is 0 Å². The Balaban J connectivity index is 3.60. The first kappa shape index (κ1) is 18.9. The summed E-state index contributed by atoms with van der Waals surface area (Å²) < 4.78 is 5.66. The summed E-state index contributed by atoms with van der Waals surface area (Å²) in [4.78, 5) is 0. The van der Waals surface area contributed by atoms with Crippen LogP contribution in [0.25, 0.3) is 0 Å². The topological polar surface area (TPSA) is 41.5 Å². The monoisotopic (exact) mass is 273 g/mol. The molecule has 0 bridgehead atoms. The Labute approximate surface area is 120 Å². The zero-order valence-electron chi connectivity index (χ0n) is 13.8. The van der Waals surface area contributed by atoms with Gasteiger partial charge in [-0.25, -0.2) is 0 Å². The van der Waals surface area contributed by atoms with Crippen molar-refractivity contribution in [2.24, 2.45) is 11.8 Å². The SMILES string of the molecule is CC(C)CC[C@H](C)NC[C@@H](O)CO[C@H](C)CC(C)C. The number of hydrogen-bond acceptors (Lipinski definition) is 3. The van der Waals surface area contributed by atoms with E-state index < -0.39 is 6.10 Å². The standard InChI is InChI=1S/C16H35NO2/c1-12(2)7-8-14(5)17-10-16(18)11-19-15(6)9-13(3)4/h12-18H,7-11H2,1-6H3/t14-,15+,16+/m0/s1. The Morgan fingerprint density at radius 1 is 0.947 bits per heavy atom. The molecule has 116 valence electrons. The lowest BCUT2D eigenvalue weighted by Crippen LogP contribution is -2.36. The highest BCUT2D eigenvalue weighted by Gasteiger charge is 2.11. The van der Waals surface area contributed by atoms with E-state index in [1.165, 1.54) is 6.42 Å². The maximum atomic E-state index is 9.87. The van der Waals surface area contributed by atoms with Crippen molar-refractivity contribution in [1.82, 2.24) is 5.32 Å². The molecule has 3 heteroatoms. The van der Waals surface area contributed by atoms with Gasteiger partial charge in [0.2, 0.25) is 0 Å². The van der Waals surface area contributed by atoms with E-state index in [9.17, 15) is 5.11 Å². The molecule has 2 N–H and O–H groups in total. The molecular weight excluding hydrogens is 238 g/mol. The highest BCUT2D eigenvalue weighted by molar-refractivity contribution is 4.66. The minimum Gasteiger partial charge on any atom is -0.389 e. The molecule has 0 amide bonds. The number of hydrogen-bond donors (Lipinski definition) is 2. The minimum absolute atomic E-state index is 0.230. The van der Waals surface area contributed by atoms with E-state index in [1.54, 1.807) is 0 Å². The van der Waals surface area contributed by atoms with Crippen LogP contribution in [0.1, 0.15) is 60.8 Å². The average Bonchev–Trinajstić information content (AvgIpc) is 2.30. The molecule has 0 rings (SSSR count). The smallest absolute Gasteiger partial charge is 0.0897 e. The van der Waals surface area contributed by atoms with Gasteiger partial charge in [-0.3, -0.25) is 0 Å². The second kappa shape index (κ2) is 10.6. The van der Waals surface area contributed by atoms with Crippen LogP contribution >= 0.6 is 0 Å². The molecular formula is C16H35NO2. The second-order valence-corrected chi connectivity index (χ2v) is 6.71. The molecule has 3 atom stereocenters. The molecule has 19 heavy (non-hydrogen) atoms. The molecule has 0 aliphatic rings. The molecule has 0 saturated carbocycles. The quantitative estimate of drug-likeness (QED) is 0.607. The summed E-state index contributed by atoms with van der Waals surface area (Å²) >= 11 is 0. The molecule has 0 heterocycles. The fourth-order valence-electron chi connectivity index (χ4n) is 2.09. The Hall–Kier alpha value is -0.120. The Bertz CT molecular complexity index is 207. The lowest BCUT2D eigenvalue weighted by atomic mass is 10.0. The predicted molar refractivity (Wildman–Crippen MR) is 82.4 cm³/mol. The third-order valence-electron chi connectivity index (χ3n) is 3.26. The molecule has 0 aliphatic carbocycles. The van der Waals surface area contributed by atoms with Gasteiger partial charge in [0.05, 0.1) is 18.8 Å². The average molecular weight is 273 g/mol. The molecule has 0 unspecified atom stereocenters. The maximum Gasteiger partial charge on any atom is 0.0897 e. The zero-order valence-corrected chi connectivity index (χ0v) is 13.8. The van der Waals surface area contributed by atoms with Crippen molar-refractivity contribution in [3.63, 3.8) is 0 Å². The molecule has 0 aromatic heterocycles. The second-order valence-electron chi connectivity index (χ2n) is 6.71. The lowest BCUT2D eigenvalue weighted by molar-refractivity contribution is -0.00921. The number of rotatable bonds is 11. The van der Waals surface area contributed by atoms with Crippen molar-refractivity contribution in [2.45, 2.75) is 79.1 Å². The van der Waals surface area contributed by atoms with E-state index in [4.69, 9.17) is 4.74 Å². The van der Waals surface area contributed by atoms with Gasteiger partial charge in [0.15, 0.2) is 0 Å². The van der Waals surface area contributed by atoms with E-state index in [0.29, 0.717) is 25.1 Å². The molecule has 0 aliphatic heterocycles. The van der Waals surface area contributed by atoms with Gasteiger partial charge >= 0.3 is 0 Å². The lowest BCUT2D eigenvalue weighted by Gasteiger charge is -2.20. The van der Waals surface area contributed by atoms with E-state index in [0.717, 1.165) is 18.8 Å². The maximum absolute atomic E-state index is 9.87. The summed E-state index contributed by atoms with van der Waals surface area (Å²) in [5.41, 5.74) is 0. The number of ether oxygens (including phenoxy) is 1. The highest BCUT2D eigenvalue weighted by atomic mass is 16.5. The van der Waals surface area contributed by atoms with Crippen molar-refractivity contribution in [1.29, 1.82) is 0 Å². The fourth-order valence-corrected chi connectivity index (χ4v) is 2.09. The van der Waals surface area contributed by atoms with Crippen LogP contribution in [0.15, 0.2) is 0 Å². The zero-order chi connectivity index (χ0) is 14.8. The van der Waals surface area contributed by atoms with E-state index >= 15 is 0 Å². The van der Waals surface area contributed by atoms with E-state index in [2.05, 4.69) is 46.9 Å². The Morgan fingerprint density at radius 2 is 1.58 bits per heavy atom. The summed E-state index contributed by atoms with van der Waals surface area (Å²) in [6.45, 7) is 14.2. The summed E-state index contributed by atoms with van der Waals surface area (Å²) in [5.74, 6) is 1.38. The largest absolute Gasteiger partial charge is 0.389 e. The van der Waals surface area contributed by atoms with Gasteiger partial charge < -0.3 is 15.2 Å². The van der Waals surface area contributed by atoms with Gasteiger partial charge in [-0.05, 0) is 44.9 Å². The van der Waals surface area contributed by atoms with Crippen LogP contribution in [-0.2, 0) is 4.74 Å². The number of nitrogens with one attached hydrogen (secondary N) is 1. The van der Waals surface area contributed by atoms with Crippen molar-refractivity contribution in [3.8, 4) is 0 Å². The van der Waals surface area contributed by atoms with Gasteiger partial charge in [0.1, 0.15) is 0 Å². The first-order valence-electron chi connectivity index (χ1n) is 7.84. The van der Waals surface area contributed by atoms with Crippen LogP contribution in [0.5, 0.6) is 0 Å². The van der Waals surface area contributed by atoms with Gasteiger partial charge in [0.25, 0.3) is 0 Å². The first-order chi connectivity index (χ1) is 8.81. The number of aliphatic hydroxyl groups excluding tert-OH is 1. The summed E-state index contributed by atoms with van der Waals surface area (Å²) in [5, 5.41) is 13.2. The highest BCUT2D eigenvalue weighted by Crippen LogP contribution is 2.08. The third-order valence-corrected chi connectivity index (χ3v) is 3.26. The van der Waals surface area contributed by atoms with Gasteiger partial charge in [-0.2, -0.15) is 0 Å². The molecule has 0 saturated heterocycles. The van der Waals surface area contributed by atoms with Crippen molar-refractivity contribution in [2.75, 3.05) is 13.2 Å². The van der Waals surface area contributed by atoms with Crippen LogP contribution < -0.4 is 5.32 Å². The molecule has 0 aromatic rings. The van der Waals surface area contributed by atoms with Crippen LogP contribution in [0, 0.1) is 11.8 Å². The predicted octanol–water partition coefficient (Wildman–Crippen LogP) is 3.21. The first-order valence-corrected chi connectivity index (χ1v) is 7.84. The molecule has 0 radical (unpaired) electrons. The molecule has 3 nitrogen and oxygen atoms in total. The summed E-state index contributed by atoms with van der Waals surface area (Å²) in [7, 11) is 0. The van der Waals surface area contributed by atoms with Gasteiger partial charge in [0, 0.05) is 12.6 Å². The molecule has 0 fully saturated rings. The third kappa shape index (κ3) is 12.6.